The van der Waals surface area contributed by atoms with Crippen LogP contribution >= 0.6 is 11.6 Å². The lowest BCUT2D eigenvalue weighted by Crippen LogP contribution is -2.34. The molecule has 1 rings (SSSR count). The molecule has 0 fully saturated rings. The third-order valence-corrected chi connectivity index (χ3v) is 3.95. The maximum absolute atomic E-state index is 11.6. The summed E-state index contributed by atoms with van der Waals surface area (Å²) >= 11 is 5.68. The number of rotatable bonds is 3. The van der Waals surface area contributed by atoms with Gasteiger partial charge in [0.15, 0.2) is 0 Å². The number of amides is 2. The smallest absolute Gasteiger partial charge is 0.307 e. The van der Waals surface area contributed by atoms with Crippen molar-refractivity contribution in [3.63, 3.8) is 0 Å². The van der Waals surface area contributed by atoms with Gasteiger partial charge in [0.2, 0.25) is 0 Å². The monoisotopic (exact) mass is 288 g/mol. The summed E-state index contributed by atoms with van der Waals surface area (Å²) in [5.74, 6) is 0. The summed E-state index contributed by atoms with van der Waals surface area (Å²) in [5, 5.41) is 2.92. The number of anilines is 1. The number of halogens is 1. The van der Waals surface area contributed by atoms with E-state index in [-0.39, 0.29) is 4.91 Å². The molecule has 0 unspecified atom stereocenters. The number of allylic oxidation sites excluding steroid dienone is 2. The Bertz CT molecular complexity index is 564. The zero-order chi connectivity index (χ0) is 13.8. The van der Waals surface area contributed by atoms with Crippen LogP contribution in [-0.4, -0.2) is 14.4 Å². The van der Waals surface area contributed by atoms with E-state index in [1.54, 1.807) is 31.2 Å². The van der Waals surface area contributed by atoms with Crippen molar-refractivity contribution >= 4 is 33.3 Å². The van der Waals surface area contributed by atoms with Gasteiger partial charge in [-0.25, -0.2) is 17.9 Å². The number of hydrogen-bond acceptors (Lipinski definition) is 3. The van der Waals surface area contributed by atoms with E-state index in [0.717, 1.165) is 0 Å². The van der Waals surface area contributed by atoms with Crippen LogP contribution in [0.5, 0.6) is 0 Å². The van der Waals surface area contributed by atoms with Gasteiger partial charge in [-0.3, -0.25) is 0 Å². The van der Waals surface area contributed by atoms with Crippen LogP contribution in [-0.2, 0) is 10.0 Å². The van der Waals surface area contributed by atoms with Crippen molar-refractivity contribution in [2.24, 2.45) is 0 Å². The normalized spacial score (nSPS) is 12.1. The van der Waals surface area contributed by atoms with Gasteiger partial charge in [0.25, 0.3) is 10.0 Å². The highest BCUT2D eigenvalue weighted by Gasteiger charge is 2.15. The number of sulfonamides is 1. The minimum atomic E-state index is -3.76. The van der Waals surface area contributed by atoms with Gasteiger partial charge in [-0.1, -0.05) is 17.7 Å². The minimum absolute atomic E-state index is 0.0776. The van der Waals surface area contributed by atoms with Crippen LogP contribution in [0.3, 0.4) is 0 Å². The van der Waals surface area contributed by atoms with Gasteiger partial charge < -0.3 is 5.32 Å². The van der Waals surface area contributed by atoms with Crippen molar-refractivity contribution in [2.45, 2.75) is 13.8 Å². The van der Waals surface area contributed by atoms with Crippen molar-refractivity contribution in [3.8, 4) is 0 Å². The third kappa shape index (κ3) is 4.05. The van der Waals surface area contributed by atoms with Gasteiger partial charge in [-0.15, -0.1) is 0 Å². The Hall–Kier alpha value is -1.53. The lowest BCUT2D eigenvalue weighted by atomic mass is 10.3. The Kier molecular flexibility index (Phi) is 4.75. The average molecular weight is 289 g/mol. The van der Waals surface area contributed by atoms with Crippen molar-refractivity contribution < 1.29 is 13.2 Å². The summed E-state index contributed by atoms with van der Waals surface area (Å²) in [7, 11) is -3.76. The van der Waals surface area contributed by atoms with Crippen LogP contribution in [0.25, 0.3) is 0 Å². The first-order valence-electron chi connectivity index (χ1n) is 5.07. The Morgan fingerprint density at radius 2 is 1.83 bits per heavy atom. The highest BCUT2D eigenvalue weighted by atomic mass is 35.5. The van der Waals surface area contributed by atoms with Gasteiger partial charge >= 0.3 is 6.03 Å². The first-order chi connectivity index (χ1) is 8.35. The van der Waals surface area contributed by atoms with E-state index in [1.165, 1.54) is 13.0 Å². The van der Waals surface area contributed by atoms with E-state index in [0.29, 0.717) is 10.7 Å². The molecule has 0 aliphatic carbocycles. The second-order valence-electron chi connectivity index (χ2n) is 3.47. The van der Waals surface area contributed by atoms with E-state index >= 15 is 0 Å². The number of carbonyl (C=O) groups is 1. The molecular weight excluding hydrogens is 276 g/mol. The molecule has 0 bridgehead atoms. The Labute approximate surface area is 111 Å². The van der Waals surface area contributed by atoms with E-state index in [2.05, 4.69) is 5.32 Å². The molecule has 1 aromatic rings. The lowest BCUT2D eigenvalue weighted by molar-refractivity contribution is 0.256. The quantitative estimate of drug-likeness (QED) is 0.898. The molecule has 0 heterocycles. The minimum Gasteiger partial charge on any atom is -0.307 e. The maximum atomic E-state index is 11.6. The van der Waals surface area contributed by atoms with E-state index in [4.69, 9.17) is 11.6 Å². The molecule has 0 saturated carbocycles. The molecular formula is C11H13ClN2O3S. The van der Waals surface area contributed by atoms with Crippen LogP contribution in [0.1, 0.15) is 13.8 Å². The summed E-state index contributed by atoms with van der Waals surface area (Å²) in [5.41, 5.74) is 0.449. The molecule has 18 heavy (non-hydrogen) atoms. The Balaban J connectivity index is 2.71. The molecule has 0 saturated heterocycles. The van der Waals surface area contributed by atoms with Crippen molar-refractivity contribution in [1.29, 1.82) is 0 Å². The van der Waals surface area contributed by atoms with Crippen molar-refractivity contribution in [1.82, 2.24) is 4.72 Å². The number of carbonyl (C=O) groups excluding carboxylic acids is 1. The molecule has 98 valence electrons. The number of benzene rings is 1. The maximum Gasteiger partial charge on any atom is 0.333 e. The molecule has 0 aliphatic heterocycles. The first kappa shape index (κ1) is 14.5. The van der Waals surface area contributed by atoms with Crippen LogP contribution in [0.4, 0.5) is 10.5 Å². The topological polar surface area (TPSA) is 75.3 Å². The largest absolute Gasteiger partial charge is 0.333 e. The van der Waals surface area contributed by atoms with Crippen LogP contribution in [0.15, 0.2) is 35.2 Å². The average Bonchev–Trinajstić information content (AvgIpc) is 2.30. The number of urea groups is 1. The highest BCUT2D eigenvalue weighted by Crippen LogP contribution is 2.13. The predicted molar refractivity (Wildman–Crippen MR) is 72.0 cm³/mol. The molecule has 1 aromatic carbocycles. The van der Waals surface area contributed by atoms with Gasteiger partial charge in [0.05, 0.1) is 4.91 Å². The highest BCUT2D eigenvalue weighted by molar-refractivity contribution is 7.93. The lowest BCUT2D eigenvalue weighted by Gasteiger charge is -2.08. The molecule has 5 nitrogen and oxygen atoms in total. The van der Waals surface area contributed by atoms with Crippen molar-refractivity contribution in [3.05, 3.63) is 40.3 Å². The SMILES string of the molecule is C/C=C(/C)S(=O)(=O)NC(=O)Nc1ccc(Cl)cc1. The molecule has 0 aliphatic rings. The van der Waals surface area contributed by atoms with Crippen LogP contribution in [0, 0.1) is 0 Å². The molecule has 2 amide bonds. The molecule has 0 aromatic heterocycles. The molecule has 0 spiro atoms. The Morgan fingerprint density at radius 3 is 2.33 bits per heavy atom. The summed E-state index contributed by atoms with van der Waals surface area (Å²) < 4.78 is 25.0. The summed E-state index contributed by atoms with van der Waals surface area (Å²) in [4.78, 5) is 11.5. The zero-order valence-corrected chi connectivity index (χ0v) is 11.5. The number of nitrogens with one attached hydrogen (secondary N) is 2. The fourth-order valence-corrected chi connectivity index (χ4v) is 1.94. The van der Waals surface area contributed by atoms with Gasteiger partial charge in [0, 0.05) is 10.7 Å². The summed E-state index contributed by atoms with van der Waals surface area (Å²) in [6, 6.07) is 5.48. The van der Waals surface area contributed by atoms with Gasteiger partial charge in [0.1, 0.15) is 0 Å². The summed E-state index contributed by atoms with van der Waals surface area (Å²) in [6.45, 7) is 2.98. The van der Waals surface area contributed by atoms with Crippen LogP contribution < -0.4 is 10.0 Å². The molecule has 2 N–H and O–H groups in total. The summed E-state index contributed by atoms with van der Waals surface area (Å²) in [6.07, 6.45) is 1.40. The molecule has 7 heteroatoms. The zero-order valence-electron chi connectivity index (χ0n) is 9.90. The predicted octanol–water partition coefficient (Wildman–Crippen LogP) is 2.72. The third-order valence-electron chi connectivity index (χ3n) is 2.16. The van der Waals surface area contributed by atoms with E-state index in [1.807, 2.05) is 4.72 Å². The second-order valence-corrected chi connectivity index (χ2v) is 5.76. The van der Waals surface area contributed by atoms with Gasteiger partial charge in [-0.05, 0) is 38.1 Å². The number of hydrogen-bond donors (Lipinski definition) is 2. The fraction of sp³-hybridized carbons (Fsp3) is 0.182. The van der Waals surface area contributed by atoms with Crippen molar-refractivity contribution in [2.75, 3.05) is 5.32 Å². The van der Waals surface area contributed by atoms with Crippen LogP contribution in [0.2, 0.25) is 5.02 Å². The van der Waals surface area contributed by atoms with E-state index < -0.39 is 16.1 Å². The van der Waals surface area contributed by atoms with Gasteiger partial charge in [-0.2, -0.15) is 0 Å². The fourth-order valence-electron chi connectivity index (χ4n) is 1.05. The standard InChI is InChI=1S/C11H13ClN2O3S/c1-3-8(2)18(16,17)14-11(15)13-10-6-4-9(12)5-7-10/h3-7H,1-2H3,(H2,13,14,15)/b8-3-. The first-order valence-corrected chi connectivity index (χ1v) is 6.93. The molecule has 0 radical (unpaired) electrons. The second kappa shape index (κ2) is 5.88. The Morgan fingerprint density at radius 1 is 1.28 bits per heavy atom. The van der Waals surface area contributed by atoms with E-state index in [9.17, 15) is 13.2 Å². The molecule has 0 atom stereocenters.